The first-order valence-electron chi connectivity index (χ1n) is 8.02. The largest absolute Gasteiger partial charge is 0.444 e. The number of hydrogen-bond donors (Lipinski definition) is 0. The molecule has 4 aromatic rings. The zero-order valence-electron chi connectivity index (χ0n) is 14.0. The molecule has 0 N–H and O–H groups in total. The van der Waals surface area contributed by atoms with Crippen molar-refractivity contribution in [2.45, 2.75) is 6.92 Å². The molecule has 26 heavy (non-hydrogen) atoms. The summed E-state index contributed by atoms with van der Waals surface area (Å²) < 4.78 is 5.62. The van der Waals surface area contributed by atoms with E-state index >= 15 is 0 Å². The third kappa shape index (κ3) is 2.88. The monoisotopic (exact) mass is 342 g/mol. The zero-order valence-corrected chi connectivity index (χ0v) is 14.0. The number of rotatable bonds is 4. The summed E-state index contributed by atoms with van der Waals surface area (Å²) in [6.45, 7) is 1.45. The highest BCUT2D eigenvalue weighted by molar-refractivity contribution is 5.94. The molecule has 0 unspecified atom stereocenters. The van der Waals surface area contributed by atoms with Crippen molar-refractivity contribution in [3.05, 3.63) is 73.0 Å². The Morgan fingerprint density at radius 1 is 1.00 bits per heavy atom. The van der Waals surface area contributed by atoms with E-state index in [1.165, 1.54) is 13.2 Å². The standard InChI is InChI=1S/C20H14N4O2/c1-13(25)17-12-26-20(23-17)18-16(14-6-3-2-4-7-14)11-22-24-19(18)15-8-5-9-21-10-15/h2-12H,1H3. The number of pyridine rings is 1. The molecule has 1 aromatic carbocycles. The molecule has 0 fully saturated rings. The van der Waals surface area contributed by atoms with Gasteiger partial charge in [0.1, 0.15) is 17.7 Å². The van der Waals surface area contributed by atoms with Crippen LogP contribution in [0.4, 0.5) is 0 Å². The molecule has 0 aliphatic heterocycles. The molecule has 0 atom stereocenters. The molecule has 3 heterocycles. The number of benzene rings is 1. The number of carbonyl (C=O) groups excluding carboxylic acids is 1. The molecule has 0 aliphatic rings. The van der Waals surface area contributed by atoms with E-state index in [2.05, 4.69) is 20.2 Å². The van der Waals surface area contributed by atoms with Gasteiger partial charge >= 0.3 is 0 Å². The third-order valence-corrected chi connectivity index (χ3v) is 3.95. The van der Waals surface area contributed by atoms with Crippen molar-refractivity contribution in [2.24, 2.45) is 0 Å². The van der Waals surface area contributed by atoms with Gasteiger partial charge in [-0.1, -0.05) is 30.3 Å². The van der Waals surface area contributed by atoms with Gasteiger partial charge in [-0.2, -0.15) is 5.10 Å². The summed E-state index contributed by atoms with van der Waals surface area (Å²) in [5.74, 6) is 0.161. The Bertz CT molecular complexity index is 1000. The Morgan fingerprint density at radius 2 is 1.81 bits per heavy atom. The fourth-order valence-electron chi connectivity index (χ4n) is 2.69. The minimum absolute atomic E-state index is 0.161. The Hall–Kier alpha value is -3.67. The lowest BCUT2D eigenvalue weighted by Crippen LogP contribution is -1.98. The van der Waals surface area contributed by atoms with Gasteiger partial charge in [-0.15, -0.1) is 5.10 Å². The van der Waals surface area contributed by atoms with Crippen molar-refractivity contribution in [1.82, 2.24) is 20.2 Å². The van der Waals surface area contributed by atoms with Crippen molar-refractivity contribution < 1.29 is 9.21 Å². The Kier molecular flexibility index (Phi) is 4.07. The van der Waals surface area contributed by atoms with Crippen LogP contribution in [0.25, 0.3) is 33.8 Å². The van der Waals surface area contributed by atoms with Gasteiger partial charge in [0.25, 0.3) is 0 Å². The van der Waals surface area contributed by atoms with E-state index in [-0.39, 0.29) is 11.5 Å². The van der Waals surface area contributed by atoms with Crippen molar-refractivity contribution in [3.63, 3.8) is 0 Å². The van der Waals surface area contributed by atoms with Gasteiger partial charge in [0, 0.05) is 30.4 Å². The number of carbonyl (C=O) groups is 1. The van der Waals surface area contributed by atoms with Gasteiger partial charge in [-0.25, -0.2) is 4.98 Å². The molecule has 0 bridgehead atoms. The van der Waals surface area contributed by atoms with Crippen LogP contribution >= 0.6 is 0 Å². The first-order valence-corrected chi connectivity index (χ1v) is 8.02. The van der Waals surface area contributed by atoms with Gasteiger partial charge in [0.2, 0.25) is 5.89 Å². The molecule has 0 radical (unpaired) electrons. The topological polar surface area (TPSA) is 81.8 Å². The molecule has 3 aromatic heterocycles. The number of oxazole rings is 1. The molecule has 0 aliphatic carbocycles. The van der Waals surface area contributed by atoms with Gasteiger partial charge in [-0.05, 0) is 17.7 Å². The van der Waals surface area contributed by atoms with Crippen molar-refractivity contribution in [2.75, 3.05) is 0 Å². The number of Topliss-reactive ketones (excluding diaryl/α,β-unsaturated/α-hetero) is 1. The average molecular weight is 342 g/mol. The van der Waals surface area contributed by atoms with E-state index < -0.39 is 0 Å². The third-order valence-electron chi connectivity index (χ3n) is 3.95. The van der Waals surface area contributed by atoms with Crippen molar-refractivity contribution in [3.8, 4) is 33.8 Å². The van der Waals surface area contributed by atoms with Crippen molar-refractivity contribution in [1.29, 1.82) is 0 Å². The SMILES string of the molecule is CC(=O)c1coc(-c2c(-c3ccccc3)cnnc2-c2cccnc2)n1. The van der Waals surface area contributed by atoms with E-state index in [9.17, 15) is 4.79 Å². The van der Waals surface area contributed by atoms with Gasteiger partial charge in [0.15, 0.2) is 5.78 Å². The number of ketones is 1. The summed E-state index contributed by atoms with van der Waals surface area (Å²) in [7, 11) is 0. The molecule has 0 saturated heterocycles. The second-order valence-electron chi connectivity index (χ2n) is 5.68. The van der Waals surface area contributed by atoms with Crippen LogP contribution in [0.15, 0.2) is 71.7 Å². The Labute approximate surface area is 149 Å². The second-order valence-corrected chi connectivity index (χ2v) is 5.68. The second kappa shape index (κ2) is 6.68. The summed E-state index contributed by atoms with van der Waals surface area (Å²) in [6, 6.07) is 13.5. The zero-order chi connectivity index (χ0) is 17.9. The highest BCUT2D eigenvalue weighted by atomic mass is 16.3. The molecule has 0 spiro atoms. The summed E-state index contributed by atoms with van der Waals surface area (Å²) >= 11 is 0. The van der Waals surface area contributed by atoms with E-state index in [0.29, 0.717) is 17.1 Å². The number of aromatic nitrogens is 4. The predicted molar refractivity (Wildman–Crippen MR) is 96.2 cm³/mol. The lowest BCUT2D eigenvalue weighted by atomic mass is 9.98. The van der Waals surface area contributed by atoms with Crippen LogP contribution in [-0.2, 0) is 0 Å². The van der Waals surface area contributed by atoms with Crippen LogP contribution in [0.5, 0.6) is 0 Å². The fraction of sp³-hybridized carbons (Fsp3) is 0.0500. The van der Waals surface area contributed by atoms with Crippen LogP contribution in [0.3, 0.4) is 0 Å². The van der Waals surface area contributed by atoms with Crippen LogP contribution in [0, 0.1) is 0 Å². The molecular formula is C20H14N4O2. The van der Waals surface area contributed by atoms with E-state index in [4.69, 9.17) is 4.42 Å². The quantitative estimate of drug-likeness (QED) is 0.520. The predicted octanol–water partition coefficient (Wildman–Crippen LogP) is 4.06. The Balaban J connectivity index is 2.00. The molecule has 6 heteroatoms. The smallest absolute Gasteiger partial charge is 0.229 e. The fourth-order valence-corrected chi connectivity index (χ4v) is 2.69. The summed E-state index contributed by atoms with van der Waals surface area (Å²) in [4.78, 5) is 20.1. The van der Waals surface area contributed by atoms with Gasteiger partial charge in [0.05, 0.1) is 11.8 Å². The van der Waals surface area contributed by atoms with E-state index in [0.717, 1.165) is 16.7 Å². The lowest BCUT2D eigenvalue weighted by Gasteiger charge is -2.10. The minimum atomic E-state index is -0.161. The number of hydrogen-bond acceptors (Lipinski definition) is 6. The summed E-state index contributed by atoms with van der Waals surface area (Å²) in [6.07, 6.45) is 6.43. The van der Waals surface area contributed by atoms with Crippen molar-refractivity contribution >= 4 is 5.78 Å². The molecule has 0 amide bonds. The van der Waals surface area contributed by atoms with E-state index in [1.807, 2.05) is 42.5 Å². The van der Waals surface area contributed by atoms with Gasteiger partial charge in [-0.3, -0.25) is 9.78 Å². The Morgan fingerprint density at radius 3 is 2.50 bits per heavy atom. The van der Waals surface area contributed by atoms with Crippen LogP contribution < -0.4 is 0 Å². The molecule has 6 nitrogen and oxygen atoms in total. The first-order chi connectivity index (χ1) is 12.7. The first kappa shape index (κ1) is 15.8. The lowest BCUT2D eigenvalue weighted by molar-refractivity contribution is 0.101. The molecular weight excluding hydrogens is 328 g/mol. The maximum atomic E-state index is 11.6. The van der Waals surface area contributed by atoms with E-state index in [1.54, 1.807) is 18.6 Å². The van der Waals surface area contributed by atoms with Crippen LogP contribution in [0.2, 0.25) is 0 Å². The number of nitrogens with zero attached hydrogens (tertiary/aromatic N) is 4. The van der Waals surface area contributed by atoms with Gasteiger partial charge < -0.3 is 4.42 Å². The highest BCUT2D eigenvalue weighted by Crippen LogP contribution is 2.37. The molecule has 0 saturated carbocycles. The summed E-state index contributed by atoms with van der Waals surface area (Å²) in [5, 5.41) is 8.44. The van der Waals surface area contributed by atoms with Crippen LogP contribution in [-0.4, -0.2) is 25.9 Å². The highest BCUT2D eigenvalue weighted by Gasteiger charge is 2.21. The summed E-state index contributed by atoms with van der Waals surface area (Å²) in [5.41, 5.74) is 4.09. The molecule has 4 rings (SSSR count). The van der Waals surface area contributed by atoms with Crippen LogP contribution in [0.1, 0.15) is 17.4 Å². The molecule has 126 valence electrons. The average Bonchev–Trinajstić information content (AvgIpc) is 3.19. The maximum Gasteiger partial charge on any atom is 0.229 e. The maximum absolute atomic E-state index is 11.6. The minimum Gasteiger partial charge on any atom is -0.444 e. The normalized spacial score (nSPS) is 10.7.